The molecule has 1 atom stereocenters. The molecular formula is C22H23F2N5O2S. The van der Waals surface area contributed by atoms with Crippen molar-refractivity contribution in [3.63, 3.8) is 0 Å². The number of urea groups is 1. The zero-order chi connectivity index (χ0) is 22.7. The quantitative estimate of drug-likeness (QED) is 0.621. The highest BCUT2D eigenvalue weighted by Crippen LogP contribution is 2.24. The second-order valence-electron chi connectivity index (χ2n) is 7.57. The lowest BCUT2D eigenvalue weighted by atomic mass is 10.1. The van der Waals surface area contributed by atoms with Crippen molar-refractivity contribution in [1.29, 1.82) is 0 Å². The predicted octanol–water partition coefficient (Wildman–Crippen LogP) is 4.16. The first-order chi connectivity index (χ1) is 15.4. The maximum absolute atomic E-state index is 13.4. The summed E-state index contributed by atoms with van der Waals surface area (Å²) in [4.78, 5) is 21.1. The molecule has 0 bridgehead atoms. The zero-order valence-electron chi connectivity index (χ0n) is 17.7. The first kappa shape index (κ1) is 21.9. The number of hydrogen-bond donors (Lipinski definition) is 1. The molecule has 1 fully saturated rings. The van der Waals surface area contributed by atoms with Gasteiger partial charge in [-0.1, -0.05) is 12.1 Å². The van der Waals surface area contributed by atoms with E-state index >= 15 is 0 Å². The molecule has 0 spiro atoms. The van der Waals surface area contributed by atoms with Gasteiger partial charge in [0, 0.05) is 55.4 Å². The van der Waals surface area contributed by atoms with Crippen LogP contribution in [0, 0.1) is 11.6 Å². The van der Waals surface area contributed by atoms with E-state index in [-0.39, 0.29) is 17.8 Å². The minimum absolute atomic E-state index is 0.0974. The fourth-order valence-electron chi connectivity index (χ4n) is 3.61. The Kier molecular flexibility index (Phi) is 6.50. The largest absolute Gasteiger partial charge is 0.497 e. The van der Waals surface area contributed by atoms with Crippen LogP contribution in [0.15, 0.2) is 42.5 Å². The van der Waals surface area contributed by atoms with Crippen molar-refractivity contribution in [3.05, 3.63) is 65.5 Å². The molecule has 2 amide bonds. The van der Waals surface area contributed by atoms with Gasteiger partial charge in [-0.15, -0.1) is 0 Å². The minimum atomic E-state index is -0.998. The molecule has 1 N–H and O–H groups in total. The van der Waals surface area contributed by atoms with Gasteiger partial charge in [0.2, 0.25) is 5.13 Å². The van der Waals surface area contributed by atoms with E-state index in [0.717, 1.165) is 34.4 Å². The molecule has 3 aromatic rings. The molecule has 1 aromatic heterocycles. The van der Waals surface area contributed by atoms with Crippen LogP contribution in [-0.2, 0) is 6.42 Å². The van der Waals surface area contributed by atoms with Crippen LogP contribution in [0.2, 0.25) is 0 Å². The highest BCUT2D eigenvalue weighted by atomic mass is 32.1. The van der Waals surface area contributed by atoms with Crippen molar-refractivity contribution in [2.45, 2.75) is 19.4 Å². The Hall–Kier alpha value is -3.27. The number of ether oxygens (including phenoxy) is 1. The molecule has 1 saturated heterocycles. The number of halogens is 2. The topological polar surface area (TPSA) is 70.6 Å². The number of methoxy groups -OCH3 is 1. The maximum atomic E-state index is 13.4. The van der Waals surface area contributed by atoms with E-state index in [1.807, 2.05) is 31.2 Å². The third-order valence-electron chi connectivity index (χ3n) is 5.28. The molecule has 2 aromatic carbocycles. The molecule has 0 radical (unpaired) electrons. The normalized spacial score (nSPS) is 16.2. The second kappa shape index (κ2) is 9.47. The number of rotatable bonds is 5. The predicted molar refractivity (Wildman–Crippen MR) is 119 cm³/mol. The van der Waals surface area contributed by atoms with Crippen LogP contribution in [0.25, 0.3) is 0 Å². The number of carbonyl (C=O) groups excluding carboxylic acids is 1. The fraction of sp³-hybridized carbons (Fsp3) is 0.318. The van der Waals surface area contributed by atoms with E-state index in [1.165, 1.54) is 17.6 Å². The molecule has 0 aliphatic carbocycles. The van der Waals surface area contributed by atoms with Crippen molar-refractivity contribution >= 4 is 28.4 Å². The summed E-state index contributed by atoms with van der Waals surface area (Å²) in [7, 11) is 1.64. The summed E-state index contributed by atoms with van der Waals surface area (Å²) in [5.74, 6) is -0.413. The van der Waals surface area contributed by atoms with Crippen molar-refractivity contribution in [2.24, 2.45) is 0 Å². The van der Waals surface area contributed by atoms with Crippen molar-refractivity contribution in [1.82, 2.24) is 14.3 Å². The number of benzene rings is 2. The van der Waals surface area contributed by atoms with Gasteiger partial charge in [0.15, 0.2) is 11.6 Å². The van der Waals surface area contributed by atoms with Gasteiger partial charge in [-0.3, -0.25) is 0 Å². The molecule has 1 aliphatic heterocycles. The summed E-state index contributed by atoms with van der Waals surface area (Å²) < 4.78 is 36.2. The first-order valence-corrected chi connectivity index (χ1v) is 10.9. The number of anilines is 2. The molecule has 168 valence electrons. The SMILES string of the molecule is COc1cccc(Cc2nsc(N3CCN(C(=O)Nc4ccc(F)c(F)c4)C(C)C3)n2)c1. The van der Waals surface area contributed by atoms with E-state index in [9.17, 15) is 13.6 Å². The number of aromatic nitrogens is 2. The van der Waals surface area contributed by atoms with Gasteiger partial charge in [-0.05, 0) is 36.8 Å². The van der Waals surface area contributed by atoms with Crippen LogP contribution in [-0.4, -0.2) is 53.1 Å². The Morgan fingerprint density at radius 1 is 1.22 bits per heavy atom. The molecule has 0 saturated carbocycles. The monoisotopic (exact) mass is 459 g/mol. The molecular weight excluding hydrogens is 436 g/mol. The van der Waals surface area contributed by atoms with Gasteiger partial charge in [-0.25, -0.2) is 18.6 Å². The molecule has 1 aliphatic rings. The summed E-state index contributed by atoms with van der Waals surface area (Å²) in [5, 5.41) is 3.45. The van der Waals surface area contributed by atoms with Crippen LogP contribution in [0.3, 0.4) is 0 Å². The maximum Gasteiger partial charge on any atom is 0.322 e. The lowest BCUT2D eigenvalue weighted by Gasteiger charge is -2.39. The first-order valence-electron chi connectivity index (χ1n) is 10.2. The van der Waals surface area contributed by atoms with Gasteiger partial charge < -0.3 is 19.9 Å². The Bertz CT molecular complexity index is 1110. The molecule has 32 heavy (non-hydrogen) atoms. The number of nitrogens with zero attached hydrogens (tertiary/aromatic N) is 4. The Morgan fingerprint density at radius 2 is 2.06 bits per heavy atom. The van der Waals surface area contributed by atoms with Crippen molar-refractivity contribution in [3.8, 4) is 5.75 Å². The number of carbonyl (C=O) groups is 1. The summed E-state index contributed by atoms with van der Waals surface area (Å²) in [6.45, 7) is 3.61. The molecule has 7 nitrogen and oxygen atoms in total. The number of hydrogen-bond acceptors (Lipinski definition) is 6. The fourth-order valence-corrected chi connectivity index (χ4v) is 4.33. The van der Waals surface area contributed by atoms with Crippen molar-refractivity contribution < 1.29 is 18.3 Å². The average molecular weight is 460 g/mol. The smallest absolute Gasteiger partial charge is 0.322 e. The summed E-state index contributed by atoms with van der Waals surface area (Å²) in [5.41, 5.74) is 1.29. The third kappa shape index (κ3) is 4.96. The van der Waals surface area contributed by atoms with E-state index in [0.29, 0.717) is 26.1 Å². The highest BCUT2D eigenvalue weighted by Gasteiger charge is 2.29. The summed E-state index contributed by atoms with van der Waals surface area (Å²) in [6.07, 6.45) is 0.611. The molecule has 2 heterocycles. The van der Waals surface area contributed by atoms with E-state index in [4.69, 9.17) is 4.74 Å². The van der Waals surface area contributed by atoms with Gasteiger partial charge in [0.25, 0.3) is 0 Å². The van der Waals surface area contributed by atoms with Crippen molar-refractivity contribution in [2.75, 3.05) is 37.0 Å². The summed E-state index contributed by atoms with van der Waals surface area (Å²) in [6, 6.07) is 10.7. The zero-order valence-corrected chi connectivity index (χ0v) is 18.5. The third-order valence-corrected chi connectivity index (χ3v) is 6.10. The molecule has 10 heteroatoms. The van der Waals surface area contributed by atoms with Gasteiger partial charge >= 0.3 is 6.03 Å². The number of nitrogens with one attached hydrogen (secondary N) is 1. The lowest BCUT2D eigenvalue weighted by Crippen LogP contribution is -2.55. The van der Waals surface area contributed by atoms with Crippen LogP contribution >= 0.6 is 11.5 Å². The van der Waals surface area contributed by atoms with Crippen LogP contribution in [0.5, 0.6) is 5.75 Å². The molecule has 1 unspecified atom stereocenters. The molecule has 4 rings (SSSR count). The van der Waals surface area contributed by atoms with Gasteiger partial charge in [-0.2, -0.15) is 4.37 Å². The number of piperazine rings is 1. The lowest BCUT2D eigenvalue weighted by molar-refractivity contribution is 0.185. The highest BCUT2D eigenvalue weighted by molar-refractivity contribution is 7.09. The Labute approximate surface area is 188 Å². The van der Waals surface area contributed by atoms with Crippen LogP contribution in [0.4, 0.5) is 24.4 Å². The van der Waals surface area contributed by atoms with Crippen LogP contribution in [0.1, 0.15) is 18.3 Å². The van der Waals surface area contributed by atoms with E-state index in [1.54, 1.807) is 12.0 Å². The van der Waals surface area contributed by atoms with Crippen LogP contribution < -0.4 is 15.0 Å². The Balaban J connectivity index is 1.36. The average Bonchev–Trinajstić information content (AvgIpc) is 3.24. The number of amides is 2. The van der Waals surface area contributed by atoms with Gasteiger partial charge in [0.1, 0.15) is 11.6 Å². The van der Waals surface area contributed by atoms with Gasteiger partial charge in [0.05, 0.1) is 7.11 Å². The Morgan fingerprint density at radius 3 is 2.81 bits per heavy atom. The minimum Gasteiger partial charge on any atom is -0.497 e. The van der Waals surface area contributed by atoms with E-state index in [2.05, 4.69) is 19.6 Å². The second-order valence-corrected chi connectivity index (χ2v) is 8.30. The summed E-state index contributed by atoms with van der Waals surface area (Å²) >= 11 is 1.34. The van der Waals surface area contributed by atoms with E-state index < -0.39 is 11.6 Å². The standard InChI is InChI=1S/C22H23F2N5O2S/c1-14-13-28(8-9-29(14)21(30)25-16-6-7-18(23)19(24)12-16)22-26-20(27-32-22)11-15-4-3-5-17(10-15)31-2/h3-7,10,12,14H,8-9,11,13H2,1-2H3,(H,25,30).